The third kappa shape index (κ3) is 3.86. The van der Waals surface area contributed by atoms with Gasteiger partial charge in [-0.25, -0.2) is 0 Å². The van der Waals surface area contributed by atoms with Crippen molar-refractivity contribution in [2.45, 2.75) is 74.7 Å². The Kier molecular flexibility index (Phi) is 5.86. The molecule has 0 bridgehead atoms. The molecule has 3 aromatic rings. The van der Waals surface area contributed by atoms with Crippen LogP contribution in [0.2, 0.25) is 0 Å². The van der Waals surface area contributed by atoms with Gasteiger partial charge in [-0.1, -0.05) is 42.5 Å². The molecule has 1 unspecified atom stereocenters. The molecule has 10 nitrogen and oxygen atoms in total. The third-order valence-electron chi connectivity index (χ3n) is 10.6. The average molecular weight is 584 g/mol. The molecule has 1 aromatic heterocycles. The summed E-state index contributed by atoms with van der Waals surface area (Å²) in [6.45, 7) is 2.56. The highest BCUT2D eigenvalue weighted by molar-refractivity contribution is 5.97. The fraction of sp³-hybridized carbons (Fsp3) is 0.485. The summed E-state index contributed by atoms with van der Waals surface area (Å²) in [6, 6.07) is 14.4. The van der Waals surface area contributed by atoms with Gasteiger partial charge >= 0.3 is 0 Å². The van der Waals surface area contributed by atoms with Crippen molar-refractivity contribution in [1.82, 2.24) is 25.0 Å². The number of aromatic nitrogens is 1. The maximum absolute atomic E-state index is 14.2. The summed E-state index contributed by atoms with van der Waals surface area (Å²) >= 11 is 0. The third-order valence-corrected chi connectivity index (χ3v) is 10.6. The van der Waals surface area contributed by atoms with Crippen LogP contribution in [0.3, 0.4) is 0 Å². The van der Waals surface area contributed by atoms with Crippen molar-refractivity contribution >= 4 is 28.6 Å². The van der Waals surface area contributed by atoms with E-state index in [0.29, 0.717) is 32.4 Å². The van der Waals surface area contributed by atoms with E-state index in [1.807, 2.05) is 30.3 Å². The van der Waals surface area contributed by atoms with E-state index in [2.05, 4.69) is 46.6 Å². The molecule has 4 saturated heterocycles. The number of nitrogens with one attached hydrogen (secondary N) is 2. The van der Waals surface area contributed by atoms with Gasteiger partial charge in [-0.3, -0.25) is 24.0 Å². The molecule has 0 saturated carbocycles. The minimum atomic E-state index is -2.03. The number of benzene rings is 2. The summed E-state index contributed by atoms with van der Waals surface area (Å²) in [5.41, 5.74) is 2.74. The Hall–Kier alpha value is -3.73. The van der Waals surface area contributed by atoms with Crippen LogP contribution >= 0.6 is 0 Å². The first-order valence-corrected chi connectivity index (χ1v) is 15.4. The maximum atomic E-state index is 14.2. The number of hydrogen-bond donors (Lipinski definition) is 3. The van der Waals surface area contributed by atoms with Crippen LogP contribution in [0.5, 0.6) is 0 Å². The molecule has 5 aliphatic rings. The number of likely N-dealkylation sites (tertiary alicyclic amines) is 1. The first-order valence-electron chi connectivity index (χ1n) is 15.4. The van der Waals surface area contributed by atoms with E-state index < -0.39 is 29.6 Å². The lowest BCUT2D eigenvalue weighted by molar-refractivity contribution is -0.315. The molecular formula is C33H37N5O5. The minimum absolute atomic E-state index is 0.171. The molecular weight excluding hydrogens is 546 g/mol. The van der Waals surface area contributed by atoms with Crippen molar-refractivity contribution in [2.75, 3.05) is 20.1 Å². The maximum Gasteiger partial charge on any atom is 0.280 e. The SMILES string of the molecule is CN1C[C@H](C(=O)N[C@]2(C)O[C@@]3(O)C4CCCN4C(=O)[C@H](Cc4ccccc4)N3C2=O)C[C@@H]2c3cccc4[nH]cc(c34)C[C@H]21. The number of likely N-dealkylation sites (N-methyl/N-ethyl adjacent to an activating group) is 1. The van der Waals surface area contributed by atoms with E-state index in [1.165, 1.54) is 28.3 Å². The van der Waals surface area contributed by atoms with Crippen LogP contribution in [-0.4, -0.2) is 92.4 Å². The largest absolute Gasteiger partial charge is 0.361 e. The van der Waals surface area contributed by atoms with Crippen molar-refractivity contribution in [3.05, 3.63) is 71.4 Å². The van der Waals surface area contributed by atoms with Crippen molar-refractivity contribution in [3.8, 4) is 0 Å². The van der Waals surface area contributed by atoms with E-state index in [-0.39, 0.29) is 36.1 Å². The van der Waals surface area contributed by atoms with E-state index in [1.54, 1.807) is 4.90 Å². The van der Waals surface area contributed by atoms with Crippen molar-refractivity contribution in [1.29, 1.82) is 0 Å². The van der Waals surface area contributed by atoms with Crippen LogP contribution in [0.25, 0.3) is 10.9 Å². The summed E-state index contributed by atoms with van der Waals surface area (Å²) < 4.78 is 6.25. The molecule has 3 N–H and O–H groups in total. The van der Waals surface area contributed by atoms with Gasteiger partial charge < -0.3 is 25.2 Å². The Morgan fingerprint density at radius 1 is 1.16 bits per heavy atom. The zero-order valence-electron chi connectivity index (χ0n) is 24.5. The molecule has 8 rings (SSSR count). The number of H-pyrrole nitrogens is 1. The minimum Gasteiger partial charge on any atom is -0.361 e. The highest BCUT2D eigenvalue weighted by Gasteiger charge is 2.70. The summed E-state index contributed by atoms with van der Waals surface area (Å²) in [7, 11) is 2.06. The first kappa shape index (κ1) is 26.9. The molecule has 2 aromatic carbocycles. The number of rotatable bonds is 4. The smallest absolute Gasteiger partial charge is 0.280 e. The number of piperidine rings is 1. The zero-order valence-corrected chi connectivity index (χ0v) is 24.5. The molecule has 1 aliphatic carbocycles. The average Bonchev–Trinajstić information content (AvgIpc) is 3.70. The normalized spacial score (nSPS) is 35.2. The molecule has 0 spiro atoms. The van der Waals surface area contributed by atoms with Gasteiger partial charge in [0.1, 0.15) is 12.1 Å². The number of nitrogens with zero attached hydrogens (tertiary/aromatic N) is 3. The number of carbonyl (C=O) groups is 3. The van der Waals surface area contributed by atoms with E-state index in [0.717, 1.165) is 17.5 Å². The van der Waals surface area contributed by atoms with Gasteiger partial charge in [-0.2, -0.15) is 0 Å². The second kappa shape index (κ2) is 9.38. The van der Waals surface area contributed by atoms with E-state index in [9.17, 15) is 19.5 Å². The molecule has 10 heteroatoms. The van der Waals surface area contributed by atoms with Crippen LogP contribution in [0, 0.1) is 5.92 Å². The molecule has 4 aliphatic heterocycles. The highest BCUT2D eigenvalue weighted by Crippen LogP contribution is 2.47. The summed E-state index contributed by atoms with van der Waals surface area (Å²) in [5.74, 6) is -3.31. The topological polar surface area (TPSA) is 118 Å². The molecule has 7 atom stereocenters. The monoisotopic (exact) mass is 583 g/mol. The Morgan fingerprint density at radius 3 is 2.79 bits per heavy atom. The molecule has 43 heavy (non-hydrogen) atoms. The first-order chi connectivity index (χ1) is 20.7. The van der Waals surface area contributed by atoms with Crippen LogP contribution in [0.1, 0.15) is 48.8 Å². The standard InChI is InChI=1S/C33H37N5O5/c1-32(35-29(39)21-15-23-22-10-6-11-24-28(22)20(17-34-24)16-25(23)36(2)18-21)31(41)38-26(14-19-8-4-3-5-9-19)30(40)37-13-7-12-27(37)33(38,42)43-32/h3-6,8-11,17,21,23,25-27,34,42H,7,12-16,18H2,1-2H3,(H,35,39)/t21-,23-,25-,26+,27?,32-,33+/m1/s1. The number of aliphatic hydroxyl groups is 1. The number of hydrogen-bond acceptors (Lipinski definition) is 6. The van der Waals surface area contributed by atoms with Crippen molar-refractivity contribution in [2.24, 2.45) is 5.92 Å². The molecule has 4 fully saturated rings. The zero-order chi connectivity index (χ0) is 29.7. The number of ether oxygens (including phenoxy) is 1. The van der Waals surface area contributed by atoms with Gasteiger partial charge in [-0.05, 0) is 62.4 Å². The van der Waals surface area contributed by atoms with E-state index in [4.69, 9.17) is 4.74 Å². The lowest BCUT2D eigenvalue weighted by Crippen LogP contribution is -2.71. The van der Waals surface area contributed by atoms with Gasteiger partial charge in [0.25, 0.3) is 11.8 Å². The quantitative estimate of drug-likeness (QED) is 0.433. The number of carbonyl (C=O) groups excluding carboxylic acids is 3. The second-order valence-electron chi connectivity index (χ2n) is 13.2. The summed E-state index contributed by atoms with van der Waals surface area (Å²) in [4.78, 5) is 50.4. The fourth-order valence-electron chi connectivity index (χ4n) is 8.65. The number of amides is 3. The van der Waals surface area contributed by atoms with Gasteiger partial charge in [0, 0.05) is 48.6 Å². The lowest BCUT2D eigenvalue weighted by Gasteiger charge is -2.48. The van der Waals surface area contributed by atoms with Crippen LogP contribution < -0.4 is 5.32 Å². The van der Waals surface area contributed by atoms with Gasteiger partial charge in [0.2, 0.25) is 17.5 Å². The summed E-state index contributed by atoms with van der Waals surface area (Å²) in [5, 5.41) is 16.2. The molecule has 224 valence electrons. The Bertz CT molecular complexity index is 1640. The van der Waals surface area contributed by atoms with Gasteiger partial charge in [0.15, 0.2) is 0 Å². The highest BCUT2D eigenvalue weighted by atomic mass is 16.7. The Labute approximate surface area is 250 Å². The second-order valence-corrected chi connectivity index (χ2v) is 13.2. The van der Waals surface area contributed by atoms with E-state index >= 15 is 0 Å². The fourth-order valence-corrected chi connectivity index (χ4v) is 8.65. The van der Waals surface area contributed by atoms with Crippen LogP contribution in [0.15, 0.2) is 54.7 Å². The van der Waals surface area contributed by atoms with Crippen molar-refractivity contribution in [3.63, 3.8) is 0 Å². The molecule has 5 heterocycles. The van der Waals surface area contributed by atoms with Crippen molar-refractivity contribution < 1.29 is 24.2 Å². The number of fused-ring (bicyclic) bond motifs is 5. The lowest BCUT2D eigenvalue weighted by atomic mass is 9.72. The molecule has 0 radical (unpaired) electrons. The Balaban J connectivity index is 1.08. The van der Waals surface area contributed by atoms with Crippen LogP contribution in [0.4, 0.5) is 0 Å². The predicted molar refractivity (Wildman–Crippen MR) is 157 cm³/mol. The molecule has 3 amide bonds. The number of piperazine rings is 1. The van der Waals surface area contributed by atoms with Crippen LogP contribution in [-0.2, 0) is 32.0 Å². The number of aromatic amines is 1. The van der Waals surface area contributed by atoms with Gasteiger partial charge in [0.05, 0.1) is 5.92 Å². The predicted octanol–water partition coefficient (Wildman–Crippen LogP) is 2.08. The van der Waals surface area contributed by atoms with Gasteiger partial charge in [-0.15, -0.1) is 0 Å². The summed E-state index contributed by atoms with van der Waals surface area (Å²) in [6.07, 6.45) is 5.13. The Morgan fingerprint density at radius 2 is 1.98 bits per heavy atom.